The summed E-state index contributed by atoms with van der Waals surface area (Å²) in [7, 11) is 1.93. The van der Waals surface area contributed by atoms with Gasteiger partial charge in [0.05, 0.1) is 11.5 Å². The number of aliphatic hydroxyl groups excluding tert-OH is 1. The van der Waals surface area contributed by atoms with Crippen LogP contribution in [0.3, 0.4) is 0 Å². The van der Waals surface area contributed by atoms with Crippen molar-refractivity contribution >= 4 is 5.78 Å². The number of benzene rings is 1. The van der Waals surface area contributed by atoms with E-state index in [-0.39, 0.29) is 30.0 Å². The Balaban J connectivity index is 1.91. The number of ketones is 1. The standard InChI is InChI=1S/C17H19NO5/c1-7-17(22)12(21)5-11(20)15-16(17)6-9(18(7)2)8-3-4-10(19)14(23-15)13(8)16/h3-4,7,9,12,15,19,21-22H,5-6H2,1-2H3/t7-,9?,12?,15+,16+,17?/m1/s1. The number of carbonyl (C=O) groups is 1. The molecule has 2 aliphatic heterocycles. The summed E-state index contributed by atoms with van der Waals surface area (Å²) in [4.78, 5) is 14.6. The third kappa shape index (κ3) is 1.15. The van der Waals surface area contributed by atoms with E-state index in [1.165, 1.54) is 0 Å². The molecule has 6 nitrogen and oxygen atoms in total. The van der Waals surface area contributed by atoms with Crippen molar-refractivity contribution in [2.45, 2.75) is 55.1 Å². The Morgan fingerprint density at radius 1 is 1.39 bits per heavy atom. The van der Waals surface area contributed by atoms with Crippen LogP contribution in [0, 0.1) is 0 Å². The van der Waals surface area contributed by atoms with Crippen molar-refractivity contribution in [2.75, 3.05) is 7.05 Å². The van der Waals surface area contributed by atoms with Crippen LogP contribution in [0.4, 0.5) is 0 Å². The summed E-state index contributed by atoms with van der Waals surface area (Å²) in [5, 5.41) is 32.5. The van der Waals surface area contributed by atoms with Crippen LogP contribution in [0.1, 0.15) is 36.9 Å². The van der Waals surface area contributed by atoms with Gasteiger partial charge in [-0.25, -0.2) is 0 Å². The van der Waals surface area contributed by atoms with Gasteiger partial charge in [0.2, 0.25) is 0 Å². The summed E-state index contributed by atoms with van der Waals surface area (Å²) in [6.07, 6.45) is -1.59. The molecule has 4 aliphatic rings. The number of aromatic hydroxyl groups is 1. The Kier molecular flexibility index (Phi) is 2.22. The van der Waals surface area contributed by atoms with Gasteiger partial charge in [-0.15, -0.1) is 0 Å². The fourth-order valence-corrected chi connectivity index (χ4v) is 5.68. The van der Waals surface area contributed by atoms with Gasteiger partial charge in [-0.2, -0.15) is 0 Å². The molecule has 122 valence electrons. The molecule has 3 N–H and O–H groups in total. The molecule has 0 amide bonds. The number of fused-ring (bicyclic) bond motifs is 2. The molecule has 23 heavy (non-hydrogen) atoms. The molecule has 2 bridgehead atoms. The van der Waals surface area contributed by atoms with Crippen LogP contribution in [0.25, 0.3) is 0 Å². The first-order valence-corrected chi connectivity index (χ1v) is 8.02. The average molecular weight is 317 g/mol. The molecule has 6 atom stereocenters. The molecular weight excluding hydrogens is 298 g/mol. The van der Waals surface area contributed by atoms with Crippen molar-refractivity contribution in [3.05, 3.63) is 23.3 Å². The average Bonchev–Trinajstić information content (AvgIpc) is 3.02. The van der Waals surface area contributed by atoms with Crippen LogP contribution >= 0.6 is 0 Å². The normalized spacial score (nSPS) is 46.7. The number of aliphatic hydroxyl groups is 2. The predicted octanol–water partition coefficient (Wildman–Crippen LogP) is 0.234. The number of piperidine rings is 1. The molecule has 1 saturated carbocycles. The Hall–Kier alpha value is -1.63. The van der Waals surface area contributed by atoms with Gasteiger partial charge < -0.3 is 20.1 Å². The number of likely N-dealkylation sites (tertiary alicyclic amines) is 1. The van der Waals surface area contributed by atoms with E-state index in [9.17, 15) is 20.1 Å². The van der Waals surface area contributed by atoms with E-state index in [4.69, 9.17) is 4.74 Å². The second-order valence-electron chi connectivity index (χ2n) is 7.42. The summed E-state index contributed by atoms with van der Waals surface area (Å²) >= 11 is 0. The van der Waals surface area contributed by atoms with Gasteiger partial charge in [-0.3, -0.25) is 9.69 Å². The molecule has 1 spiro atoms. The molecule has 6 heteroatoms. The van der Waals surface area contributed by atoms with Crippen molar-refractivity contribution in [2.24, 2.45) is 0 Å². The van der Waals surface area contributed by atoms with E-state index < -0.39 is 23.2 Å². The summed E-state index contributed by atoms with van der Waals surface area (Å²) in [5.41, 5.74) is -0.756. The van der Waals surface area contributed by atoms with E-state index in [1.54, 1.807) is 6.07 Å². The summed E-state index contributed by atoms with van der Waals surface area (Å²) in [5.74, 6) is 0.0829. The number of rotatable bonds is 0. The van der Waals surface area contributed by atoms with E-state index >= 15 is 0 Å². The van der Waals surface area contributed by atoms with E-state index in [0.717, 1.165) is 11.1 Å². The number of carbonyl (C=O) groups excluding carboxylic acids is 1. The van der Waals surface area contributed by atoms with Crippen LogP contribution in [0.2, 0.25) is 0 Å². The zero-order chi connectivity index (χ0) is 16.3. The van der Waals surface area contributed by atoms with Crippen LogP contribution in [0.15, 0.2) is 12.1 Å². The lowest BCUT2D eigenvalue weighted by atomic mass is 9.54. The van der Waals surface area contributed by atoms with Gasteiger partial charge in [-0.1, -0.05) is 6.07 Å². The highest BCUT2D eigenvalue weighted by Crippen LogP contribution is 2.69. The predicted molar refractivity (Wildman–Crippen MR) is 79.4 cm³/mol. The van der Waals surface area contributed by atoms with Gasteiger partial charge in [0.15, 0.2) is 23.4 Å². The van der Waals surface area contributed by atoms with Crippen molar-refractivity contribution in [1.82, 2.24) is 4.90 Å². The van der Waals surface area contributed by atoms with Crippen molar-refractivity contribution in [3.63, 3.8) is 0 Å². The largest absolute Gasteiger partial charge is 0.504 e. The van der Waals surface area contributed by atoms with Crippen molar-refractivity contribution in [3.8, 4) is 11.5 Å². The van der Waals surface area contributed by atoms with E-state index in [0.29, 0.717) is 12.2 Å². The maximum Gasteiger partial charge on any atom is 0.177 e. The molecule has 1 saturated heterocycles. The summed E-state index contributed by atoms with van der Waals surface area (Å²) in [6.45, 7) is 1.88. The van der Waals surface area contributed by atoms with E-state index in [2.05, 4.69) is 4.90 Å². The van der Waals surface area contributed by atoms with Gasteiger partial charge >= 0.3 is 0 Å². The first kappa shape index (κ1) is 13.8. The molecule has 1 aromatic rings. The Bertz CT molecular complexity index is 764. The maximum atomic E-state index is 12.6. The molecule has 2 fully saturated rings. The molecule has 0 radical (unpaired) electrons. The highest BCUT2D eigenvalue weighted by atomic mass is 16.5. The van der Waals surface area contributed by atoms with Gasteiger partial charge in [0, 0.05) is 24.1 Å². The van der Waals surface area contributed by atoms with Crippen molar-refractivity contribution in [1.29, 1.82) is 0 Å². The minimum atomic E-state index is -1.48. The number of nitrogens with zero attached hydrogens (tertiary/aromatic N) is 1. The quantitative estimate of drug-likeness (QED) is 0.635. The third-order valence-electron chi connectivity index (χ3n) is 6.82. The van der Waals surface area contributed by atoms with Crippen LogP contribution in [-0.2, 0) is 10.2 Å². The van der Waals surface area contributed by atoms with Crippen LogP contribution in [-0.4, -0.2) is 56.9 Å². The minimum absolute atomic E-state index is 0.0139. The molecule has 1 aromatic carbocycles. The van der Waals surface area contributed by atoms with Crippen LogP contribution in [0.5, 0.6) is 11.5 Å². The number of ether oxygens (including phenoxy) is 1. The Morgan fingerprint density at radius 3 is 2.87 bits per heavy atom. The number of Topliss-reactive ketones (excluding diaryl/α,β-unsaturated/α-hetero) is 1. The Labute approximate surface area is 133 Å². The third-order valence-corrected chi connectivity index (χ3v) is 6.82. The number of phenolic OH excluding ortho intramolecular Hbond substituents is 1. The summed E-state index contributed by atoms with van der Waals surface area (Å²) < 4.78 is 5.85. The monoisotopic (exact) mass is 317 g/mol. The molecule has 5 rings (SSSR count). The Morgan fingerprint density at radius 2 is 2.13 bits per heavy atom. The van der Waals surface area contributed by atoms with Gasteiger partial charge in [0.1, 0.15) is 5.60 Å². The zero-order valence-electron chi connectivity index (χ0n) is 13.0. The highest BCUT2D eigenvalue weighted by Gasteiger charge is 2.77. The van der Waals surface area contributed by atoms with E-state index in [1.807, 2.05) is 20.0 Å². The minimum Gasteiger partial charge on any atom is -0.504 e. The van der Waals surface area contributed by atoms with Gasteiger partial charge in [0.25, 0.3) is 0 Å². The number of phenols is 1. The number of hydrogen-bond donors (Lipinski definition) is 3. The molecule has 2 heterocycles. The fourth-order valence-electron chi connectivity index (χ4n) is 5.68. The fraction of sp³-hybridized carbons (Fsp3) is 0.588. The molecule has 3 unspecified atom stereocenters. The molecule has 2 aliphatic carbocycles. The molecular formula is C17H19NO5. The lowest BCUT2D eigenvalue weighted by Crippen LogP contribution is -2.76. The van der Waals surface area contributed by atoms with Gasteiger partial charge in [-0.05, 0) is 32.0 Å². The summed E-state index contributed by atoms with van der Waals surface area (Å²) in [6, 6.07) is 3.14. The number of hydrogen-bond acceptors (Lipinski definition) is 6. The van der Waals surface area contributed by atoms with Crippen LogP contribution < -0.4 is 4.74 Å². The SMILES string of the molecule is C[C@H]1N(C)C2C[C@]34c5c2ccc(O)c5O[C@H]3C(=O)CC(O)C14O. The first-order valence-electron chi connectivity index (χ1n) is 8.02. The molecule has 0 aromatic heterocycles. The zero-order valence-corrected chi connectivity index (χ0v) is 13.0. The topological polar surface area (TPSA) is 90.2 Å². The highest BCUT2D eigenvalue weighted by molar-refractivity contribution is 5.91. The smallest absolute Gasteiger partial charge is 0.177 e. The maximum absolute atomic E-state index is 12.6. The lowest BCUT2D eigenvalue weighted by molar-refractivity contribution is -0.223. The second kappa shape index (κ2) is 3.71. The second-order valence-corrected chi connectivity index (χ2v) is 7.42. The number of likely N-dealkylation sites (N-methyl/N-ethyl adjacent to an activating group) is 1. The van der Waals surface area contributed by atoms with Crippen molar-refractivity contribution < 1.29 is 24.9 Å². The lowest BCUT2D eigenvalue weighted by Gasteiger charge is -2.59. The first-order chi connectivity index (χ1) is 10.8.